The largest absolute Gasteiger partial charge is 0.279 e. The van der Waals surface area contributed by atoms with Gasteiger partial charge in [-0.05, 0) is 54.7 Å². The van der Waals surface area contributed by atoms with E-state index in [0.717, 1.165) is 35.6 Å². The van der Waals surface area contributed by atoms with E-state index in [0.29, 0.717) is 11.6 Å². The van der Waals surface area contributed by atoms with Gasteiger partial charge in [-0.2, -0.15) is 0 Å². The van der Waals surface area contributed by atoms with Crippen LogP contribution in [0.4, 0.5) is 5.69 Å². The van der Waals surface area contributed by atoms with Crippen molar-refractivity contribution in [3.8, 4) is 0 Å². The quantitative estimate of drug-likeness (QED) is 0.768. The topological polar surface area (TPSA) is 83.6 Å². The average molecular weight is 423 g/mol. The van der Waals surface area contributed by atoms with Crippen molar-refractivity contribution < 1.29 is 16.8 Å². The summed E-state index contributed by atoms with van der Waals surface area (Å²) in [5.74, 6) is 0.361. The van der Waals surface area contributed by atoms with Gasteiger partial charge in [0.2, 0.25) is 10.0 Å². The van der Waals surface area contributed by atoms with E-state index in [2.05, 4.69) is 4.72 Å². The molecular formula is C20H26N2O4S2. The molecule has 1 N–H and O–H groups in total. The Morgan fingerprint density at radius 2 is 1.39 bits per heavy atom. The summed E-state index contributed by atoms with van der Waals surface area (Å²) in [6, 6.07) is 12.8. The zero-order valence-electron chi connectivity index (χ0n) is 16.1. The molecule has 0 aromatic heterocycles. The monoisotopic (exact) mass is 422 g/mol. The molecule has 0 amide bonds. The second kappa shape index (κ2) is 8.23. The van der Waals surface area contributed by atoms with Gasteiger partial charge in [-0.3, -0.25) is 4.72 Å². The van der Waals surface area contributed by atoms with Gasteiger partial charge >= 0.3 is 0 Å². The fourth-order valence-corrected chi connectivity index (χ4v) is 5.55. The van der Waals surface area contributed by atoms with Crippen LogP contribution in [0.2, 0.25) is 0 Å². The summed E-state index contributed by atoms with van der Waals surface area (Å²) in [4.78, 5) is 0.0858. The Labute approximate surface area is 167 Å². The van der Waals surface area contributed by atoms with Crippen LogP contribution in [-0.4, -0.2) is 35.2 Å². The highest BCUT2D eigenvalue weighted by molar-refractivity contribution is 7.92. The summed E-state index contributed by atoms with van der Waals surface area (Å²) in [7, 11) is -4.55. The molecule has 0 heterocycles. The number of hydrogen-bond acceptors (Lipinski definition) is 4. The first-order valence-electron chi connectivity index (χ1n) is 9.36. The van der Waals surface area contributed by atoms with Crippen LogP contribution in [0.5, 0.6) is 0 Å². The summed E-state index contributed by atoms with van der Waals surface area (Å²) in [6.45, 7) is 0. The molecule has 0 radical (unpaired) electrons. The molecule has 1 saturated carbocycles. The smallest absolute Gasteiger partial charge is 0.261 e. The van der Waals surface area contributed by atoms with E-state index in [9.17, 15) is 16.8 Å². The number of sulfonamides is 2. The number of nitrogens with zero attached hydrogens (tertiary/aromatic N) is 1. The van der Waals surface area contributed by atoms with Crippen molar-refractivity contribution in [3.05, 3.63) is 54.1 Å². The molecule has 1 aliphatic carbocycles. The Bertz CT molecular complexity index is 1020. The number of anilines is 1. The molecule has 2 aromatic carbocycles. The average Bonchev–Trinajstić information content (AvgIpc) is 2.69. The zero-order chi connectivity index (χ0) is 20.4. The summed E-state index contributed by atoms with van der Waals surface area (Å²) in [5.41, 5.74) is 1.62. The van der Waals surface area contributed by atoms with E-state index < -0.39 is 20.0 Å². The molecule has 0 bridgehead atoms. The third-order valence-corrected chi connectivity index (χ3v) is 8.37. The highest BCUT2D eigenvalue weighted by atomic mass is 32.2. The van der Waals surface area contributed by atoms with Crippen LogP contribution in [0, 0.1) is 0 Å². The fraction of sp³-hybridized carbons (Fsp3) is 0.400. The standard InChI is InChI=1S/C20H26N2O4S2/c1-22(2)28(25,26)18-14-12-17(13-15-18)27(23,24)21-20-11-7-6-10-19(20)16-8-4-3-5-9-16/h6-7,10-16,21H,3-5,8-9H2,1-2H3. The number of nitrogens with one attached hydrogen (secondary N) is 1. The summed E-state index contributed by atoms with van der Waals surface area (Å²) >= 11 is 0. The third-order valence-electron chi connectivity index (χ3n) is 5.16. The minimum atomic E-state index is -3.82. The van der Waals surface area contributed by atoms with Gasteiger partial charge in [0, 0.05) is 14.1 Å². The van der Waals surface area contributed by atoms with Gasteiger partial charge < -0.3 is 0 Å². The fourth-order valence-electron chi connectivity index (χ4n) is 3.56. The lowest BCUT2D eigenvalue weighted by molar-refractivity contribution is 0.444. The van der Waals surface area contributed by atoms with Crippen molar-refractivity contribution in [1.29, 1.82) is 0 Å². The molecule has 2 aromatic rings. The molecule has 0 aliphatic heterocycles. The minimum Gasteiger partial charge on any atom is -0.279 e. The van der Waals surface area contributed by atoms with Crippen LogP contribution in [0.15, 0.2) is 58.3 Å². The van der Waals surface area contributed by atoms with Crippen LogP contribution in [0.25, 0.3) is 0 Å². The minimum absolute atomic E-state index is 0.0312. The predicted molar refractivity (Wildman–Crippen MR) is 110 cm³/mol. The lowest BCUT2D eigenvalue weighted by Crippen LogP contribution is -2.22. The molecule has 0 spiro atoms. The molecular weight excluding hydrogens is 396 g/mol. The van der Waals surface area contributed by atoms with E-state index in [4.69, 9.17) is 0 Å². The molecule has 152 valence electrons. The molecule has 1 fully saturated rings. The van der Waals surface area contributed by atoms with Gasteiger partial charge in [-0.1, -0.05) is 37.5 Å². The SMILES string of the molecule is CN(C)S(=O)(=O)c1ccc(S(=O)(=O)Nc2ccccc2C2CCCCC2)cc1. The lowest BCUT2D eigenvalue weighted by Gasteiger charge is -2.24. The summed E-state index contributed by atoms with van der Waals surface area (Å²) in [6.07, 6.45) is 5.68. The predicted octanol–water partition coefficient (Wildman–Crippen LogP) is 3.79. The Hall–Kier alpha value is -1.90. The number of rotatable bonds is 6. The van der Waals surface area contributed by atoms with Crippen LogP contribution < -0.4 is 4.72 Å². The summed E-state index contributed by atoms with van der Waals surface area (Å²) in [5, 5.41) is 0. The van der Waals surface area contributed by atoms with Crippen molar-refractivity contribution in [2.45, 2.75) is 47.8 Å². The highest BCUT2D eigenvalue weighted by Gasteiger charge is 2.23. The molecule has 28 heavy (non-hydrogen) atoms. The Morgan fingerprint density at radius 1 is 0.821 bits per heavy atom. The van der Waals surface area contributed by atoms with Gasteiger partial charge in [-0.15, -0.1) is 0 Å². The van der Waals surface area contributed by atoms with Crippen molar-refractivity contribution in [3.63, 3.8) is 0 Å². The molecule has 0 atom stereocenters. The van der Waals surface area contributed by atoms with Gasteiger partial charge in [0.05, 0.1) is 15.5 Å². The molecule has 0 saturated heterocycles. The van der Waals surface area contributed by atoms with E-state index in [1.54, 1.807) is 6.07 Å². The molecule has 6 nitrogen and oxygen atoms in total. The first-order valence-corrected chi connectivity index (χ1v) is 12.3. The zero-order valence-corrected chi connectivity index (χ0v) is 17.8. The van der Waals surface area contributed by atoms with Crippen molar-refractivity contribution in [1.82, 2.24) is 4.31 Å². The maximum absolute atomic E-state index is 12.9. The maximum Gasteiger partial charge on any atom is 0.261 e. The van der Waals surface area contributed by atoms with E-state index in [-0.39, 0.29) is 9.79 Å². The first kappa shape index (κ1) is 20.8. The molecule has 1 aliphatic rings. The van der Waals surface area contributed by atoms with Gasteiger partial charge in [0.1, 0.15) is 0 Å². The number of para-hydroxylation sites is 1. The van der Waals surface area contributed by atoms with Crippen LogP contribution in [0.1, 0.15) is 43.6 Å². The lowest BCUT2D eigenvalue weighted by atomic mass is 9.83. The van der Waals surface area contributed by atoms with Crippen molar-refractivity contribution in [2.75, 3.05) is 18.8 Å². The van der Waals surface area contributed by atoms with E-state index >= 15 is 0 Å². The second-order valence-electron chi connectivity index (χ2n) is 7.29. The van der Waals surface area contributed by atoms with Gasteiger partial charge in [-0.25, -0.2) is 21.1 Å². The van der Waals surface area contributed by atoms with Crippen LogP contribution >= 0.6 is 0 Å². The molecule has 0 unspecified atom stereocenters. The highest BCUT2D eigenvalue weighted by Crippen LogP contribution is 2.37. The number of benzene rings is 2. The first-order chi connectivity index (χ1) is 13.2. The Kier molecular flexibility index (Phi) is 6.12. The van der Waals surface area contributed by atoms with E-state index in [1.807, 2.05) is 18.2 Å². The van der Waals surface area contributed by atoms with Crippen molar-refractivity contribution in [2.24, 2.45) is 0 Å². The second-order valence-corrected chi connectivity index (χ2v) is 11.1. The number of hydrogen-bond donors (Lipinski definition) is 1. The van der Waals surface area contributed by atoms with Crippen LogP contribution in [-0.2, 0) is 20.0 Å². The maximum atomic E-state index is 12.9. The summed E-state index contributed by atoms with van der Waals surface area (Å²) < 4.78 is 53.8. The van der Waals surface area contributed by atoms with Gasteiger partial charge in [0.25, 0.3) is 10.0 Å². The normalized spacial score (nSPS) is 16.2. The third kappa shape index (κ3) is 4.39. The molecule has 3 rings (SSSR count). The van der Waals surface area contributed by atoms with Gasteiger partial charge in [0.15, 0.2) is 0 Å². The van der Waals surface area contributed by atoms with E-state index in [1.165, 1.54) is 44.8 Å². The van der Waals surface area contributed by atoms with Crippen molar-refractivity contribution >= 4 is 25.7 Å². The Balaban J connectivity index is 1.87. The van der Waals surface area contributed by atoms with Crippen LogP contribution in [0.3, 0.4) is 0 Å². The Morgan fingerprint density at radius 3 is 2.00 bits per heavy atom. The molecule has 8 heteroatoms.